The highest BCUT2D eigenvalue weighted by Gasteiger charge is 2.20. The fourth-order valence-corrected chi connectivity index (χ4v) is 3.41. The largest absolute Gasteiger partial charge is 0.377 e. The quantitative estimate of drug-likeness (QED) is 0.325. The Morgan fingerprint density at radius 1 is 1.17 bits per heavy atom. The Bertz CT molecular complexity index is 602. The number of likely N-dealkylation sites (tertiary alicyclic amines) is 1. The summed E-state index contributed by atoms with van der Waals surface area (Å²) >= 11 is 0. The highest BCUT2D eigenvalue weighted by Crippen LogP contribution is 2.22. The third-order valence-corrected chi connectivity index (χ3v) is 5.29. The van der Waals surface area contributed by atoms with E-state index >= 15 is 0 Å². The Hall–Kier alpha value is -0.860. The van der Waals surface area contributed by atoms with Gasteiger partial charge in [0.1, 0.15) is 0 Å². The number of hydrogen-bond acceptors (Lipinski definition) is 3. The van der Waals surface area contributed by atoms with E-state index in [9.17, 15) is 0 Å². The normalized spacial score (nSPS) is 16.6. The van der Waals surface area contributed by atoms with Gasteiger partial charge in [0, 0.05) is 39.3 Å². The van der Waals surface area contributed by atoms with Gasteiger partial charge in [-0.1, -0.05) is 45.0 Å². The summed E-state index contributed by atoms with van der Waals surface area (Å²) in [5.74, 6) is 0.890. The molecule has 0 aliphatic carbocycles. The van der Waals surface area contributed by atoms with E-state index in [0.717, 1.165) is 51.6 Å². The maximum Gasteiger partial charge on any atom is 0.191 e. The molecule has 166 valence electrons. The molecule has 0 radical (unpaired) electrons. The van der Waals surface area contributed by atoms with E-state index in [1.165, 1.54) is 11.1 Å². The molecule has 1 fully saturated rings. The third kappa shape index (κ3) is 9.66. The molecule has 2 N–H and O–H groups in total. The second-order valence-corrected chi connectivity index (χ2v) is 9.05. The van der Waals surface area contributed by atoms with E-state index in [2.05, 4.69) is 79.4 Å². The summed E-state index contributed by atoms with van der Waals surface area (Å²) in [5.41, 5.74) is 2.83. The molecule has 0 amide bonds. The zero-order chi connectivity index (χ0) is 20.6. The van der Waals surface area contributed by atoms with Gasteiger partial charge in [0.05, 0.1) is 12.7 Å². The minimum atomic E-state index is 0. The minimum absolute atomic E-state index is 0. The lowest BCUT2D eigenvalue weighted by atomic mass is 9.87. The molecule has 1 saturated heterocycles. The standard InChI is InChI=1S/C23H40N4O.HI/c1-18(2)28-16-15-27-13-11-21(12-14-27)26-22(24-6)25-17-19-7-9-20(10-8-19)23(3,4)5;/h7-10,18,21H,11-17H2,1-6H3,(H2,24,25,26);1H. The maximum atomic E-state index is 5.67. The maximum absolute atomic E-state index is 5.67. The van der Waals surface area contributed by atoms with Crippen LogP contribution in [-0.4, -0.2) is 56.3 Å². The van der Waals surface area contributed by atoms with E-state index in [0.29, 0.717) is 12.1 Å². The number of benzene rings is 1. The number of nitrogens with one attached hydrogen (secondary N) is 2. The number of piperidine rings is 1. The fraction of sp³-hybridized carbons (Fsp3) is 0.696. The number of rotatable bonds is 7. The first-order chi connectivity index (χ1) is 13.3. The van der Waals surface area contributed by atoms with Gasteiger partial charge in [0.25, 0.3) is 0 Å². The van der Waals surface area contributed by atoms with Crippen LogP contribution in [-0.2, 0) is 16.7 Å². The van der Waals surface area contributed by atoms with E-state index in [1.807, 2.05) is 7.05 Å². The van der Waals surface area contributed by atoms with Crippen LogP contribution < -0.4 is 10.6 Å². The summed E-state index contributed by atoms with van der Waals surface area (Å²) < 4.78 is 5.67. The Labute approximate surface area is 195 Å². The Morgan fingerprint density at radius 2 is 1.79 bits per heavy atom. The molecule has 2 rings (SSSR count). The van der Waals surface area contributed by atoms with Crippen LogP contribution in [0.15, 0.2) is 29.3 Å². The molecule has 0 spiro atoms. The van der Waals surface area contributed by atoms with Crippen molar-refractivity contribution in [3.8, 4) is 0 Å². The molecule has 6 heteroatoms. The monoisotopic (exact) mass is 516 g/mol. The summed E-state index contributed by atoms with van der Waals surface area (Å²) in [4.78, 5) is 6.90. The molecule has 5 nitrogen and oxygen atoms in total. The smallest absolute Gasteiger partial charge is 0.191 e. The predicted octanol–water partition coefficient (Wildman–Crippen LogP) is 4.16. The zero-order valence-electron chi connectivity index (χ0n) is 19.1. The molecular weight excluding hydrogens is 475 g/mol. The molecule has 0 bridgehead atoms. The Morgan fingerprint density at radius 3 is 2.31 bits per heavy atom. The van der Waals surface area contributed by atoms with Crippen molar-refractivity contribution in [1.29, 1.82) is 0 Å². The van der Waals surface area contributed by atoms with Crippen LogP contribution in [0, 0.1) is 0 Å². The van der Waals surface area contributed by atoms with Crippen LogP contribution in [0.4, 0.5) is 0 Å². The summed E-state index contributed by atoms with van der Waals surface area (Å²) in [6, 6.07) is 9.35. The van der Waals surface area contributed by atoms with Gasteiger partial charge >= 0.3 is 0 Å². The summed E-state index contributed by atoms with van der Waals surface area (Å²) in [6.07, 6.45) is 2.60. The first-order valence-electron chi connectivity index (χ1n) is 10.7. The van der Waals surface area contributed by atoms with Crippen LogP contribution in [0.1, 0.15) is 58.6 Å². The van der Waals surface area contributed by atoms with Crippen molar-refractivity contribution in [3.63, 3.8) is 0 Å². The Kier molecular flexibility index (Phi) is 11.5. The molecule has 0 atom stereocenters. The lowest BCUT2D eigenvalue weighted by Gasteiger charge is -2.33. The van der Waals surface area contributed by atoms with Crippen LogP contribution in [0.25, 0.3) is 0 Å². The van der Waals surface area contributed by atoms with Crippen molar-refractivity contribution in [2.75, 3.05) is 33.3 Å². The molecule has 1 aliphatic heterocycles. The highest BCUT2D eigenvalue weighted by molar-refractivity contribution is 14.0. The van der Waals surface area contributed by atoms with Crippen molar-refractivity contribution in [2.45, 2.75) is 71.6 Å². The average Bonchev–Trinajstić information content (AvgIpc) is 2.65. The van der Waals surface area contributed by atoms with Gasteiger partial charge in [0.2, 0.25) is 0 Å². The summed E-state index contributed by atoms with van der Waals surface area (Å²) in [6.45, 7) is 15.8. The first-order valence-corrected chi connectivity index (χ1v) is 10.7. The van der Waals surface area contributed by atoms with Crippen molar-refractivity contribution in [3.05, 3.63) is 35.4 Å². The molecule has 0 unspecified atom stereocenters. The zero-order valence-corrected chi connectivity index (χ0v) is 21.5. The van der Waals surface area contributed by atoms with Gasteiger partial charge in [-0.2, -0.15) is 0 Å². The van der Waals surface area contributed by atoms with Gasteiger partial charge in [-0.3, -0.25) is 4.99 Å². The minimum Gasteiger partial charge on any atom is -0.377 e. The first kappa shape index (κ1) is 26.2. The molecule has 1 aromatic rings. The third-order valence-electron chi connectivity index (χ3n) is 5.29. The number of guanidine groups is 1. The number of nitrogens with zero attached hydrogens (tertiary/aromatic N) is 2. The number of ether oxygens (including phenoxy) is 1. The molecule has 29 heavy (non-hydrogen) atoms. The molecule has 0 aromatic heterocycles. The second kappa shape index (κ2) is 12.7. The lowest BCUT2D eigenvalue weighted by Crippen LogP contribution is -2.49. The van der Waals surface area contributed by atoms with Gasteiger partial charge in [-0.25, -0.2) is 0 Å². The van der Waals surface area contributed by atoms with E-state index in [1.54, 1.807) is 0 Å². The lowest BCUT2D eigenvalue weighted by molar-refractivity contribution is 0.0532. The Balaban J connectivity index is 0.00000420. The molecular formula is C23H41IN4O. The van der Waals surface area contributed by atoms with Crippen molar-refractivity contribution in [1.82, 2.24) is 15.5 Å². The van der Waals surface area contributed by atoms with Gasteiger partial charge in [0.15, 0.2) is 5.96 Å². The topological polar surface area (TPSA) is 48.9 Å². The number of halogens is 1. The van der Waals surface area contributed by atoms with Crippen LogP contribution >= 0.6 is 24.0 Å². The fourth-order valence-electron chi connectivity index (χ4n) is 3.41. The van der Waals surface area contributed by atoms with E-state index in [-0.39, 0.29) is 29.4 Å². The SMILES string of the molecule is CN=C(NCc1ccc(C(C)(C)C)cc1)NC1CCN(CCOC(C)C)CC1.I. The van der Waals surface area contributed by atoms with Gasteiger partial charge in [-0.05, 0) is 43.2 Å². The van der Waals surface area contributed by atoms with Crippen molar-refractivity contribution >= 4 is 29.9 Å². The van der Waals surface area contributed by atoms with Gasteiger partial charge < -0.3 is 20.3 Å². The summed E-state index contributed by atoms with van der Waals surface area (Å²) in [5, 5.41) is 7.04. The van der Waals surface area contributed by atoms with E-state index < -0.39 is 0 Å². The van der Waals surface area contributed by atoms with Crippen molar-refractivity contribution < 1.29 is 4.74 Å². The summed E-state index contributed by atoms with van der Waals surface area (Å²) in [7, 11) is 1.84. The molecule has 1 aromatic carbocycles. The number of aliphatic imine (C=N–C) groups is 1. The number of hydrogen-bond donors (Lipinski definition) is 2. The van der Waals surface area contributed by atoms with Gasteiger partial charge in [-0.15, -0.1) is 24.0 Å². The highest BCUT2D eigenvalue weighted by atomic mass is 127. The molecule has 1 heterocycles. The van der Waals surface area contributed by atoms with E-state index in [4.69, 9.17) is 4.74 Å². The second-order valence-electron chi connectivity index (χ2n) is 9.05. The average molecular weight is 517 g/mol. The van der Waals surface area contributed by atoms with Crippen molar-refractivity contribution in [2.24, 2.45) is 4.99 Å². The van der Waals surface area contributed by atoms with Crippen LogP contribution in [0.2, 0.25) is 0 Å². The van der Waals surface area contributed by atoms with Crippen LogP contribution in [0.5, 0.6) is 0 Å². The molecule has 1 aliphatic rings. The molecule has 0 saturated carbocycles. The van der Waals surface area contributed by atoms with Crippen LogP contribution in [0.3, 0.4) is 0 Å². The predicted molar refractivity (Wildman–Crippen MR) is 134 cm³/mol.